The summed E-state index contributed by atoms with van der Waals surface area (Å²) >= 11 is 0. The van der Waals surface area contributed by atoms with Crippen molar-refractivity contribution in [1.82, 2.24) is 9.88 Å². The largest absolute Gasteiger partial charge is 0.465 e. The van der Waals surface area contributed by atoms with E-state index in [-0.39, 0.29) is 30.1 Å². The molecule has 0 bridgehead atoms. The summed E-state index contributed by atoms with van der Waals surface area (Å²) in [5, 5.41) is 0.757. The van der Waals surface area contributed by atoms with E-state index in [2.05, 4.69) is 11.9 Å². The number of pyridine rings is 1. The number of carbonyl (C=O) groups is 3. The Kier molecular flexibility index (Phi) is 8.14. The molecule has 1 aromatic heterocycles. The van der Waals surface area contributed by atoms with E-state index in [9.17, 15) is 14.4 Å². The highest BCUT2D eigenvalue weighted by Crippen LogP contribution is 2.34. The predicted octanol–water partition coefficient (Wildman–Crippen LogP) is 5.48. The topological polar surface area (TPSA) is 76.6 Å². The van der Waals surface area contributed by atoms with Gasteiger partial charge >= 0.3 is 5.97 Å². The van der Waals surface area contributed by atoms with Crippen molar-refractivity contribution in [3.63, 3.8) is 0 Å². The number of piperidine rings is 1. The number of likely N-dealkylation sites (tertiary alicyclic amines) is 1. The number of fused-ring (bicyclic) bond motifs is 1. The summed E-state index contributed by atoms with van der Waals surface area (Å²) in [6.45, 7) is 7.29. The molecule has 0 N–H and O–H groups in total. The maximum absolute atomic E-state index is 13.8. The zero-order chi connectivity index (χ0) is 25.7. The number of ether oxygens (including phenoxy) is 1. The van der Waals surface area contributed by atoms with Crippen LogP contribution >= 0.6 is 0 Å². The molecule has 1 aliphatic rings. The van der Waals surface area contributed by atoms with Gasteiger partial charge in [-0.05, 0) is 68.9 Å². The minimum atomic E-state index is -0.883. The molecule has 2 aromatic carbocycles. The Morgan fingerprint density at radius 1 is 1.06 bits per heavy atom. The molecule has 3 atom stereocenters. The van der Waals surface area contributed by atoms with Crippen LogP contribution in [0.15, 0.2) is 60.8 Å². The first-order valence-corrected chi connectivity index (χ1v) is 12.8. The van der Waals surface area contributed by atoms with Crippen molar-refractivity contribution < 1.29 is 19.1 Å². The molecule has 1 amide bonds. The molecule has 0 aliphatic carbocycles. The SMILES string of the molecule is CCOC(=O)C(C[C@@H]1CCN(C(=O)c2ccccc2)C[C@@H]1CC)C(=O)c1ccnc2ccc(C)cc12. The molecule has 3 aromatic rings. The van der Waals surface area contributed by atoms with Crippen molar-refractivity contribution in [1.29, 1.82) is 0 Å². The first-order valence-electron chi connectivity index (χ1n) is 12.8. The third-order valence-electron chi connectivity index (χ3n) is 7.31. The maximum atomic E-state index is 13.8. The number of hydrogen-bond donors (Lipinski definition) is 0. The average Bonchev–Trinajstić information content (AvgIpc) is 2.91. The lowest BCUT2D eigenvalue weighted by molar-refractivity contribution is -0.147. The van der Waals surface area contributed by atoms with Gasteiger partial charge in [0.25, 0.3) is 5.91 Å². The third kappa shape index (κ3) is 5.48. The normalized spacial score (nSPS) is 18.6. The Balaban J connectivity index is 1.57. The van der Waals surface area contributed by atoms with Crippen molar-refractivity contribution in [2.75, 3.05) is 19.7 Å². The van der Waals surface area contributed by atoms with Crippen molar-refractivity contribution >= 4 is 28.6 Å². The number of amides is 1. The van der Waals surface area contributed by atoms with Crippen molar-refractivity contribution in [3.05, 3.63) is 77.5 Å². The van der Waals surface area contributed by atoms with Crippen LogP contribution in [-0.2, 0) is 9.53 Å². The van der Waals surface area contributed by atoms with Gasteiger partial charge in [0, 0.05) is 35.8 Å². The van der Waals surface area contributed by atoms with Crippen LogP contribution < -0.4 is 0 Å². The Morgan fingerprint density at radius 2 is 1.83 bits per heavy atom. The lowest BCUT2D eigenvalue weighted by Gasteiger charge is -2.39. The summed E-state index contributed by atoms with van der Waals surface area (Å²) < 4.78 is 5.37. The van der Waals surface area contributed by atoms with Gasteiger partial charge < -0.3 is 9.64 Å². The van der Waals surface area contributed by atoms with E-state index in [0.29, 0.717) is 30.6 Å². The van der Waals surface area contributed by atoms with Gasteiger partial charge in [0.05, 0.1) is 12.1 Å². The van der Waals surface area contributed by atoms with Crippen LogP contribution in [0.4, 0.5) is 0 Å². The van der Waals surface area contributed by atoms with Gasteiger partial charge in [-0.15, -0.1) is 0 Å². The zero-order valence-corrected chi connectivity index (χ0v) is 21.3. The maximum Gasteiger partial charge on any atom is 0.316 e. The molecular formula is C30H34N2O4. The number of aryl methyl sites for hydroxylation is 1. The summed E-state index contributed by atoms with van der Waals surface area (Å²) in [5.74, 6) is -1.20. The second kappa shape index (κ2) is 11.5. The van der Waals surface area contributed by atoms with Crippen LogP contribution in [0.2, 0.25) is 0 Å². The number of aromatic nitrogens is 1. The van der Waals surface area contributed by atoms with E-state index in [0.717, 1.165) is 29.3 Å². The number of Topliss-reactive ketones (excluding diaryl/α,β-unsaturated/α-hetero) is 1. The molecule has 4 rings (SSSR count). The average molecular weight is 487 g/mol. The Bertz CT molecular complexity index is 1240. The van der Waals surface area contributed by atoms with E-state index >= 15 is 0 Å². The minimum absolute atomic E-state index is 0.0316. The van der Waals surface area contributed by atoms with Gasteiger partial charge in [-0.3, -0.25) is 19.4 Å². The van der Waals surface area contributed by atoms with Crippen LogP contribution in [-0.4, -0.2) is 47.2 Å². The number of ketones is 1. The molecule has 0 saturated carbocycles. The molecule has 2 heterocycles. The standard InChI is InChI=1S/C30H34N2O4/c1-4-21-19-32(29(34)22-9-7-6-8-10-22)16-14-23(21)18-26(30(35)36-5-2)28(33)24-13-15-31-27-12-11-20(3)17-25(24)27/h6-13,15,17,21,23,26H,4-5,14,16,18-19H2,1-3H3/t21-,23-,26?/m0/s1. The highest BCUT2D eigenvalue weighted by atomic mass is 16.5. The molecule has 1 aliphatic heterocycles. The molecule has 1 fully saturated rings. The molecule has 188 valence electrons. The molecule has 0 spiro atoms. The highest BCUT2D eigenvalue weighted by molar-refractivity contribution is 6.14. The van der Waals surface area contributed by atoms with E-state index in [1.807, 2.05) is 60.4 Å². The fourth-order valence-corrected chi connectivity index (χ4v) is 5.32. The van der Waals surface area contributed by atoms with Crippen molar-refractivity contribution in [2.24, 2.45) is 17.8 Å². The monoisotopic (exact) mass is 486 g/mol. The van der Waals surface area contributed by atoms with E-state index < -0.39 is 11.9 Å². The summed E-state index contributed by atoms with van der Waals surface area (Å²) in [4.78, 5) is 46.2. The van der Waals surface area contributed by atoms with Crippen LogP contribution in [0.1, 0.15) is 59.4 Å². The van der Waals surface area contributed by atoms with Gasteiger partial charge in [-0.1, -0.05) is 43.2 Å². The smallest absolute Gasteiger partial charge is 0.316 e. The minimum Gasteiger partial charge on any atom is -0.465 e. The first-order chi connectivity index (χ1) is 17.4. The fraction of sp³-hybridized carbons (Fsp3) is 0.400. The number of nitrogens with zero attached hydrogens (tertiary/aromatic N) is 2. The van der Waals surface area contributed by atoms with Crippen molar-refractivity contribution in [2.45, 2.75) is 40.0 Å². The number of carbonyl (C=O) groups excluding carboxylic acids is 3. The lowest BCUT2D eigenvalue weighted by atomic mass is 9.76. The van der Waals surface area contributed by atoms with E-state index in [1.165, 1.54) is 0 Å². The fourth-order valence-electron chi connectivity index (χ4n) is 5.32. The summed E-state index contributed by atoms with van der Waals surface area (Å²) in [5.41, 5.74) is 2.95. The quantitative estimate of drug-likeness (QED) is 0.239. The van der Waals surface area contributed by atoms with Crippen LogP contribution in [0.25, 0.3) is 10.9 Å². The predicted molar refractivity (Wildman–Crippen MR) is 140 cm³/mol. The Labute approximate surface area is 212 Å². The zero-order valence-electron chi connectivity index (χ0n) is 21.3. The van der Waals surface area contributed by atoms with Gasteiger partial charge in [0.15, 0.2) is 5.78 Å². The molecular weight excluding hydrogens is 452 g/mol. The second-order valence-electron chi connectivity index (χ2n) is 9.62. The van der Waals surface area contributed by atoms with Gasteiger partial charge in [-0.25, -0.2) is 0 Å². The second-order valence-corrected chi connectivity index (χ2v) is 9.62. The summed E-state index contributed by atoms with van der Waals surface area (Å²) in [7, 11) is 0. The molecule has 1 saturated heterocycles. The number of hydrogen-bond acceptors (Lipinski definition) is 5. The van der Waals surface area contributed by atoms with E-state index in [1.54, 1.807) is 19.2 Å². The van der Waals surface area contributed by atoms with Gasteiger partial charge in [0.2, 0.25) is 0 Å². The molecule has 1 unspecified atom stereocenters. The van der Waals surface area contributed by atoms with Gasteiger partial charge in [0.1, 0.15) is 5.92 Å². The van der Waals surface area contributed by atoms with Gasteiger partial charge in [-0.2, -0.15) is 0 Å². The molecule has 6 nitrogen and oxygen atoms in total. The number of esters is 1. The summed E-state index contributed by atoms with van der Waals surface area (Å²) in [6, 6.07) is 16.8. The summed E-state index contributed by atoms with van der Waals surface area (Å²) in [6.07, 6.45) is 3.65. The lowest BCUT2D eigenvalue weighted by Crippen LogP contribution is -2.45. The molecule has 36 heavy (non-hydrogen) atoms. The third-order valence-corrected chi connectivity index (χ3v) is 7.31. The first kappa shape index (κ1) is 25.5. The number of rotatable bonds is 8. The molecule has 0 radical (unpaired) electrons. The Hall–Kier alpha value is -3.54. The van der Waals surface area contributed by atoms with Crippen LogP contribution in [0.5, 0.6) is 0 Å². The van der Waals surface area contributed by atoms with Crippen LogP contribution in [0.3, 0.4) is 0 Å². The Morgan fingerprint density at radius 3 is 2.56 bits per heavy atom. The molecule has 6 heteroatoms. The highest BCUT2D eigenvalue weighted by Gasteiger charge is 2.38. The van der Waals surface area contributed by atoms with Crippen LogP contribution in [0, 0.1) is 24.7 Å². The number of benzene rings is 2. The van der Waals surface area contributed by atoms with E-state index in [4.69, 9.17) is 4.74 Å². The van der Waals surface area contributed by atoms with Crippen molar-refractivity contribution in [3.8, 4) is 0 Å².